The fraction of sp³-hybridized carbons (Fsp3) is 0.368. The van der Waals surface area contributed by atoms with Crippen molar-refractivity contribution in [2.75, 3.05) is 5.75 Å². The zero-order valence-electron chi connectivity index (χ0n) is 15.0. The summed E-state index contributed by atoms with van der Waals surface area (Å²) in [6, 6.07) is 17.2. The van der Waals surface area contributed by atoms with Crippen molar-refractivity contribution in [2.45, 2.75) is 39.7 Å². The molecule has 138 valence electrons. The van der Waals surface area contributed by atoms with Gasteiger partial charge in [0.2, 0.25) is 0 Å². The summed E-state index contributed by atoms with van der Waals surface area (Å²) in [7, 11) is -3.55. The Balaban J connectivity index is 2.41. The number of halogens is 1. The summed E-state index contributed by atoms with van der Waals surface area (Å²) in [5.74, 6) is 0.756. The summed E-state index contributed by atoms with van der Waals surface area (Å²) in [4.78, 5) is 0. The summed E-state index contributed by atoms with van der Waals surface area (Å²) in [5.41, 5.74) is -0.320. The summed E-state index contributed by atoms with van der Waals surface area (Å²) < 4.78 is 38.1. The van der Waals surface area contributed by atoms with E-state index >= 15 is 0 Å². The molecule has 6 heteroatoms. The van der Waals surface area contributed by atoms with Crippen molar-refractivity contribution in [3.05, 3.63) is 61.7 Å². The molecule has 0 fully saturated rings. The quantitative estimate of drug-likeness (QED) is 0.523. The van der Waals surface area contributed by atoms with Gasteiger partial charge in [0.05, 0.1) is 0 Å². The third kappa shape index (κ3) is 6.60. The van der Waals surface area contributed by atoms with Gasteiger partial charge in [0.25, 0.3) is 0 Å². The number of benzene rings is 2. The molecule has 0 aromatic heterocycles. The average molecular weight is 476 g/mol. The van der Waals surface area contributed by atoms with Crippen LogP contribution in [-0.2, 0) is 12.6 Å². The molecule has 0 atom stereocenters. The Kier molecular flexibility index (Phi) is 6.87. The average Bonchev–Trinajstić information content (AvgIpc) is 2.52. The first kappa shape index (κ1) is 20.2. The second-order valence-corrected chi connectivity index (χ2v) is 13.2. The normalized spacial score (nSPS) is 12.7. The monoisotopic (exact) mass is 476 g/mol. The van der Waals surface area contributed by atoms with Crippen molar-refractivity contribution in [3.63, 3.8) is 0 Å². The van der Waals surface area contributed by atoms with Gasteiger partial charge in [0.1, 0.15) is 0 Å². The van der Waals surface area contributed by atoms with E-state index in [9.17, 15) is 8.42 Å². The van der Waals surface area contributed by atoms with Crippen LogP contribution in [0.15, 0.2) is 54.6 Å². The van der Waals surface area contributed by atoms with Crippen molar-refractivity contribution in [2.24, 2.45) is 0 Å². The molecule has 0 unspecified atom stereocenters. The van der Waals surface area contributed by atoms with E-state index < -0.39 is 30.4 Å². The molecule has 25 heavy (non-hydrogen) atoms. The van der Waals surface area contributed by atoms with Crippen LogP contribution in [-0.4, -0.2) is 19.8 Å². The molecule has 0 aliphatic rings. The second-order valence-electron chi connectivity index (χ2n) is 6.54. The summed E-state index contributed by atoms with van der Waals surface area (Å²) in [6.45, 7) is 7.78. The molecule has 0 spiro atoms. The Hall–Kier alpha value is -1.12. The van der Waals surface area contributed by atoms with E-state index in [4.69, 9.17) is 7.25 Å². The van der Waals surface area contributed by atoms with Gasteiger partial charge in [0.15, 0.2) is 0 Å². The third-order valence-electron chi connectivity index (χ3n) is 2.96. The Morgan fingerprint density at radius 2 is 1.60 bits per heavy atom. The van der Waals surface area contributed by atoms with Crippen LogP contribution in [0.2, 0.25) is 0 Å². The van der Waals surface area contributed by atoms with Gasteiger partial charge >= 0.3 is 159 Å². The van der Waals surface area contributed by atoms with Gasteiger partial charge in [-0.2, -0.15) is 0 Å². The molecule has 0 N–H and O–H groups in total. The predicted molar refractivity (Wildman–Crippen MR) is 110 cm³/mol. The zero-order chi connectivity index (χ0) is 18.5. The molecule has 0 saturated heterocycles. The van der Waals surface area contributed by atoms with E-state index in [1.807, 2.05) is 82.3 Å². The van der Waals surface area contributed by atoms with Gasteiger partial charge < -0.3 is 0 Å². The predicted octanol–water partition coefficient (Wildman–Crippen LogP) is 5.08. The molecule has 0 saturated carbocycles. The van der Waals surface area contributed by atoms with Crippen LogP contribution in [0.1, 0.15) is 34.1 Å². The molecular weight excluding hydrogens is 451 g/mol. The van der Waals surface area contributed by atoms with Crippen molar-refractivity contribution in [1.29, 1.82) is 0 Å². The summed E-state index contributed by atoms with van der Waals surface area (Å²) in [6.07, 6.45) is 0.536. The first-order chi connectivity index (χ1) is 11.7. The maximum atomic E-state index is 12.3. The summed E-state index contributed by atoms with van der Waals surface area (Å²) >= 11 is -2.59. The standard InChI is InChI=1S/C19H25IO4S/c1-5-14-25(21,22)24-20(16-10-7-6-8-11-16)17-12-9-13-18(15-17)23-19(2,3)4/h6-13,15H,5,14H2,1-4H3. The van der Waals surface area contributed by atoms with Gasteiger partial charge in [-0.25, -0.2) is 0 Å². The first-order valence-electron chi connectivity index (χ1n) is 8.17. The van der Waals surface area contributed by atoms with Crippen LogP contribution in [0.3, 0.4) is 0 Å². The fourth-order valence-corrected chi connectivity index (χ4v) is 9.34. The molecular formula is C19H25IO4S. The van der Waals surface area contributed by atoms with Crippen LogP contribution in [0.5, 0.6) is 5.75 Å². The van der Waals surface area contributed by atoms with Crippen LogP contribution in [0.25, 0.3) is 0 Å². The van der Waals surface area contributed by atoms with E-state index in [-0.39, 0.29) is 11.4 Å². The van der Waals surface area contributed by atoms with Crippen molar-refractivity contribution >= 4 is 30.4 Å². The maximum absolute atomic E-state index is 12.3. The molecule has 0 aliphatic carbocycles. The van der Waals surface area contributed by atoms with Crippen molar-refractivity contribution < 1.29 is 15.7 Å². The van der Waals surface area contributed by atoms with Gasteiger partial charge in [-0.15, -0.1) is 0 Å². The second kappa shape index (κ2) is 8.51. The van der Waals surface area contributed by atoms with Crippen LogP contribution < -0.4 is 4.74 Å². The van der Waals surface area contributed by atoms with E-state index in [0.29, 0.717) is 6.42 Å². The molecule has 0 aliphatic heterocycles. The fourth-order valence-electron chi connectivity index (χ4n) is 2.10. The van der Waals surface area contributed by atoms with Crippen molar-refractivity contribution in [1.82, 2.24) is 0 Å². The number of ether oxygens (including phenoxy) is 1. The van der Waals surface area contributed by atoms with Crippen molar-refractivity contribution in [3.8, 4) is 5.75 Å². The van der Waals surface area contributed by atoms with E-state index in [1.54, 1.807) is 0 Å². The van der Waals surface area contributed by atoms with E-state index in [1.165, 1.54) is 0 Å². The van der Waals surface area contributed by atoms with Crippen LogP contribution in [0, 0.1) is 7.14 Å². The van der Waals surface area contributed by atoms with E-state index in [2.05, 4.69) is 0 Å². The zero-order valence-corrected chi connectivity index (χ0v) is 18.0. The molecule has 2 aromatic carbocycles. The van der Waals surface area contributed by atoms with Gasteiger partial charge in [-0.3, -0.25) is 0 Å². The molecule has 0 heterocycles. The molecule has 0 amide bonds. The Morgan fingerprint density at radius 3 is 2.20 bits per heavy atom. The number of hydrogen-bond acceptors (Lipinski definition) is 4. The minimum atomic E-state index is -3.55. The Bertz CT molecular complexity index is 783. The molecule has 2 aromatic rings. The van der Waals surface area contributed by atoms with Gasteiger partial charge in [0, 0.05) is 0 Å². The third-order valence-corrected chi connectivity index (χ3v) is 10.6. The number of hydrogen-bond donors (Lipinski definition) is 0. The van der Waals surface area contributed by atoms with Gasteiger partial charge in [-0.05, 0) is 0 Å². The number of rotatable bonds is 7. The molecule has 0 bridgehead atoms. The SMILES string of the molecule is CCCS(=O)(=O)OI(c1ccccc1)c1cccc(OC(C)(C)C)c1. The molecule has 0 radical (unpaired) electrons. The topological polar surface area (TPSA) is 52.6 Å². The Morgan fingerprint density at radius 1 is 0.960 bits per heavy atom. The summed E-state index contributed by atoms with van der Waals surface area (Å²) in [5, 5.41) is 0. The first-order valence-corrected chi connectivity index (χ1v) is 12.8. The van der Waals surface area contributed by atoms with Crippen LogP contribution in [0.4, 0.5) is 0 Å². The molecule has 4 nitrogen and oxygen atoms in total. The van der Waals surface area contributed by atoms with Crippen LogP contribution >= 0.6 is 20.2 Å². The van der Waals surface area contributed by atoms with E-state index in [0.717, 1.165) is 12.9 Å². The Labute approximate surface area is 158 Å². The molecule has 2 rings (SSSR count). The van der Waals surface area contributed by atoms with Gasteiger partial charge in [-0.1, -0.05) is 0 Å². The minimum absolute atomic E-state index is 0.0337.